The molecule has 0 N–H and O–H groups in total. The van der Waals surface area contributed by atoms with E-state index in [2.05, 4.69) is 0 Å². The maximum Gasteiger partial charge on any atom is 0.344 e. The van der Waals surface area contributed by atoms with Crippen LogP contribution in [0.5, 0.6) is 0 Å². The number of alkyl halides is 2. The number of ether oxygens (including phenoxy) is 1. The van der Waals surface area contributed by atoms with Crippen LogP contribution in [0.2, 0.25) is 0 Å². The highest BCUT2D eigenvalue weighted by Gasteiger charge is 2.57. The summed E-state index contributed by atoms with van der Waals surface area (Å²) in [5, 5.41) is 0. The summed E-state index contributed by atoms with van der Waals surface area (Å²) >= 11 is 12.2. The fraction of sp³-hybridized carbons (Fsp3) is 0.188. The lowest BCUT2D eigenvalue weighted by molar-refractivity contribution is -0.146. The Kier molecular flexibility index (Phi) is 3.23. The molecular weight excluding hydrogens is 295 g/mol. The summed E-state index contributed by atoms with van der Waals surface area (Å²) in [6, 6.07) is 19.1. The lowest BCUT2D eigenvalue weighted by Crippen LogP contribution is -2.27. The van der Waals surface area contributed by atoms with Gasteiger partial charge in [0.1, 0.15) is 0 Å². The molecule has 0 unspecified atom stereocenters. The van der Waals surface area contributed by atoms with Gasteiger partial charge in [0, 0.05) is 17.5 Å². The molecule has 0 aliphatic carbocycles. The Morgan fingerprint density at radius 3 is 1.65 bits per heavy atom. The molecular formula is C16H12Cl2O2. The minimum atomic E-state index is -1.52. The molecule has 4 heteroatoms. The third-order valence-corrected chi connectivity index (χ3v) is 4.09. The van der Waals surface area contributed by atoms with Crippen molar-refractivity contribution in [2.45, 2.75) is 16.4 Å². The summed E-state index contributed by atoms with van der Waals surface area (Å²) in [4.78, 5) is 12.0. The van der Waals surface area contributed by atoms with Crippen molar-refractivity contribution in [3.63, 3.8) is 0 Å². The van der Waals surface area contributed by atoms with Crippen LogP contribution in [0.25, 0.3) is 0 Å². The molecule has 1 aliphatic rings. The molecule has 102 valence electrons. The number of benzene rings is 2. The molecule has 0 spiro atoms. The topological polar surface area (TPSA) is 26.3 Å². The fourth-order valence-corrected chi connectivity index (χ4v) is 3.01. The average Bonchev–Trinajstić information content (AvgIpc) is 2.72. The summed E-state index contributed by atoms with van der Waals surface area (Å²) in [5.41, 5.74) is 0.800. The standard InChI is InChI=1S/C16H12Cl2O2/c17-16(18)11-15(20-14(16)19,12-7-3-1-4-8-12)13-9-5-2-6-10-13/h1-10H,11H2. The molecule has 3 rings (SSSR count). The van der Waals surface area contributed by atoms with Crippen LogP contribution < -0.4 is 0 Å². The van der Waals surface area contributed by atoms with Gasteiger partial charge in [-0.1, -0.05) is 83.9 Å². The Labute approximate surface area is 127 Å². The second kappa shape index (κ2) is 4.80. The van der Waals surface area contributed by atoms with Gasteiger partial charge in [0.15, 0.2) is 5.60 Å². The molecule has 0 atom stereocenters. The Balaban J connectivity index is 2.18. The maximum absolute atomic E-state index is 12.0. The van der Waals surface area contributed by atoms with E-state index in [0.717, 1.165) is 11.1 Å². The third-order valence-electron chi connectivity index (χ3n) is 3.52. The predicted molar refractivity (Wildman–Crippen MR) is 78.8 cm³/mol. The van der Waals surface area contributed by atoms with Gasteiger partial charge in [-0.2, -0.15) is 0 Å². The van der Waals surface area contributed by atoms with Crippen LogP contribution in [0.1, 0.15) is 17.5 Å². The van der Waals surface area contributed by atoms with Crippen molar-refractivity contribution in [1.82, 2.24) is 0 Å². The van der Waals surface area contributed by atoms with Crippen molar-refractivity contribution in [1.29, 1.82) is 0 Å². The molecule has 0 saturated carbocycles. The molecule has 0 amide bonds. The minimum absolute atomic E-state index is 0.190. The molecule has 0 radical (unpaired) electrons. The first-order valence-corrected chi connectivity index (χ1v) is 7.02. The summed E-state index contributed by atoms with van der Waals surface area (Å²) in [6.45, 7) is 0. The molecule has 1 fully saturated rings. The van der Waals surface area contributed by atoms with Gasteiger partial charge in [-0.3, -0.25) is 0 Å². The van der Waals surface area contributed by atoms with Crippen molar-refractivity contribution >= 4 is 29.2 Å². The highest BCUT2D eigenvalue weighted by Crippen LogP contribution is 2.50. The van der Waals surface area contributed by atoms with Gasteiger partial charge >= 0.3 is 5.97 Å². The molecule has 0 bridgehead atoms. The van der Waals surface area contributed by atoms with E-state index < -0.39 is 15.9 Å². The van der Waals surface area contributed by atoms with Crippen LogP contribution in [0.3, 0.4) is 0 Å². The number of hydrogen-bond donors (Lipinski definition) is 0. The van der Waals surface area contributed by atoms with Crippen molar-refractivity contribution in [3.05, 3.63) is 71.8 Å². The Morgan fingerprint density at radius 1 is 0.850 bits per heavy atom. The normalized spacial score (nSPS) is 19.6. The second-order valence-electron chi connectivity index (χ2n) is 4.83. The number of hydrogen-bond acceptors (Lipinski definition) is 2. The number of halogens is 2. The number of carbonyl (C=O) groups is 1. The largest absolute Gasteiger partial charge is 0.447 e. The predicted octanol–water partition coefficient (Wildman–Crippen LogP) is 4.05. The first-order chi connectivity index (χ1) is 9.55. The van der Waals surface area contributed by atoms with E-state index in [1.165, 1.54) is 0 Å². The zero-order valence-electron chi connectivity index (χ0n) is 10.6. The third kappa shape index (κ3) is 2.09. The van der Waals surface area contributed by atoms with Crippen LogP contribution in [0.4, 0.5) is 0 Å². The van der Waals surface area contributed by atoms with Crippen molar-refractivity contribution < 1.29 is 9.53 Å². The summed E-state index contributed by atoms with van der Waals surface area (Å²) in [5.74, 6) is -0.603. The molecule has 1 heterocycles. The first kappa shape index (κ1) is 13.5. The van der Waals surface area contributed by atoms with Crippen LogP contribution in [-0.2, 0) is 15.1 Å². The number of rotatable bonds is 2. The quantitative estimate of drug-likeness (QED) is 0.618. The monoisotopic (exact) mass is 306 g/mol. The minimum Gasteiger partial charge on any atom is -0.447 e. The van der Waals surface area contributed by atoms with Gasteiger partial charge in [-0.25, -0.2) is 4.79 Å². The Morgan fingerprint density at radius 2 is 1.30 bits per heavy atom. The number of esters is 1. The van der Waals surface area contributed by atoms with Gasteiger partial charge in [-0.15, -0.1) is 0 Å². The van der Waals surface area contributed by atoms with Crippen molar-refractivity contribution in [2.24, 2.45) is 0 Å². The second-order valence-corrected chi connectivity index (χ2v) is 6.31. The molecule has 20 heavy (non-hydrogen) atoms. The molecule has 1 aliphatic heterocycles. The van der Waals surface area contributed by atoms with Gasteiger partial charge in [-0.05, 0) is 0 Å². The SMILES string of the molecule is O=C1OC(c2ccccc2)(c2ccccc2)CC1(Cl)Cl. The fourth-order valence-electron chi connectivity index (χ4n) is 2.56. The van der Waals surface area contributed by atoms with E-state index in [1.807, 2.05) is 60.7 Å². The van der Waals surface area contributed by atoms with E-state index in [-0.39, 0.29) is 6.42 Å². The molecule has 1 saturated heterocycles. The number of carbonyl (C=O) groups excluding carboxylic acids is 1. The smallest absolute Gasteiger partial charge is 0.344 e. The Hall–Kier alpha value is -1.51. The van der Waals surface area contributed by atoms with Crippen LogP contribution in [0, 0.1) is 0 Å². The van der Waals surface area contributed by atoms with E-state index >= 15 is 0 Å². The summed E-state index contributed by atoms with van der Waals surface area (Å²) < 4.78 is 4.11. The zero-order valence-corrected chi connectivity index (χ0v) is 12.1. The van der Waals surface area contributed by atoms with Crippen LogP contribution in [-0.4, -0.2) is 10.3 Å². The average molecular weight is 307 g/mol. The highest BCUT2D eigenvalue weighted by atomic mass is 35.5. The zero-order chi connectivity index (χ0) is 14.2. The van der Waals surface area contributed by atoms with E-state index in [9.17, 15) is 4.79 Å². The van der Waals surface area contributed by atoms with E-state index in [0.29, 0.717) is 0 Å². The van der Waals surface area contributed by atoms with Gasteiger partial charge in [0.25, 0.3) is 0 Å². The first-order valence-electron chi connectivity index (χ1n) is 6.27. The van der Waals surface area contributed by atoms with E-state index in [1.54, 1.807) is 0 Å². The molecule has 2 aromatic rings. The van der Waals surface area contributed by atoms with E-state index in [4.69, 9.17) is 27.9 Å². The van der Waals surface area contributed by atoms with Crippen LogP contribution >= 0.6 is 23.2 Å². The van der Waals surface area contributed by atoms with Crippen molar-refractivity contribution in [3.8, 4) is 0 Å². The summed E-state index contributed by atoms with van der Waals surface area (Å²) in [7, 11) is 0. The van der Waals surface area contributed by atoms with Gasteiger partial charge < -0.3 is 4.74 Å². The highest BCUT2D eigenvalue weighted by molar-refractivity contribution is 6.58. The number of cyclic esters (lactones) is 1. The lowest BCUT2D eigenvalue weighted by Gasteiger charge is -2.28. The van der Waals surface area contributed by atoms with Gasteiger partial charge in [0.05, 0.1) is 0 Å². The molecule has 2 nitrogen and oxygen atoms in total. The molecule has 2 aromatic carbocycles. The molecule has 0 aromatic heterocycles. The lowest BCUT2D eigenvalue weighted by atomic mass is 9.84. The van der Waals surface area contributed by atoms with Crippen molar-refractivity contribution in [2.75, 3.05) is 0 Å². The van der Waals surface area contributed by atoms with Crippen LogP contribution in [0.15, 0.2) is 60.7 Å². The van der Waals surface area contributed by atoms with Gasteiger partial charge in [0.2, 0.25) is 4.33 Å². The maximum atomic E-state index is 12.0. The summed E-state index contributed by atoms with van der Waals surface area (Å²) in [6.07, 6.45) is 0.190. The Bertz CT molecular complexity index is 584.